The number of carbonyl (C=O) groups is 1. The molecule has 0 saturated carbocycles. The molecule has 0 atom stereocenters. The third kappa shape index (κ3) is 3.06. The number of nitrogens with one attached hydrogen (secondary N) is 2. The molecular formula is C12H15BrN2O2. The van der Waals surface area contributed by atoms with E-state index in [2.05, 4.69) is 26.6 Å². The number of aliphatic hydroxyl groups is 1. The monoisotopic (exact) mass is 298 g/mol. The van der Waals surface area contributed by atoms with E-state index in [0.717, 1.165) is 15.7 Å². The van der Waals surface area contributed by atoms with Crippen molar-refractivity contribution in [2.45, 2.75) is 18.9 Å². The largest absolute Gasteiger partial charge is 0.387 e. The Balaban J connectivity index is 1.95. The Morgan fingerprint density at radius 1 is 1.59 bits per heavy atom. The van der Waals surface area contributed by atoms with Gasteiger partial charge in [0.25, 0.3) is 0 Å². The van der Waals surface area contributed by atoms with Gasteiger partial charge in [0.15, 0.2) is 0 Å². The lowest BCUT2D eigenvalue weighted by atomic mass is 9.93. The van der Waals surface area contributed by atoms with Gasteiger partial charge in [0.1, 0.15) is 0 Å². The van der Waals surface area contributed by atoms with Crippen LogP contribution >= 0.6 is 15.9 Å². The minimum absolute atomic E-state index is 0.134. The first kappa shape index (κ1) is 12.5. The molecule has 3 N–H and O–H groups in total. The maximum atomic E-state index is 11.7. The van der Waals surface area contributed by atoms with E-state index < -0.39 is 5.60 Å². The Morgan fingerprint density at radius 2 is 2.29 bits per heavy atom. The quantitative estimate of drug-likeness (QED) is 0.791. The summed E-state index contributed by atoms with van der Waals surface area (Å²) in [4.78, 5) is 11.7. The summed E-state index contributed by atoms with van der Waals surface area (Å²) in [5.74, 6) is -0.157. The van der Waals surface area contributed by atoms with Crippen molar-refractivity contribution in [3.8, 4) is 0 Å². The van der Waals surface area contributed by atoms with Crippen molar-refractivity contribution in [3.63, 3.8) is 0 Å². The molecule has 1 aromatic rings. The fraction of sp³-hybridized carbons (Fsp3) is 0.417. The Morgan fingerprint density at radius 3 is 2.82 bits per heavy atom. The van der Waals surface area contributed by atoms with Gasteiger partial charge in [0.2, 0.25) is 5.91 Å². The molecule has 1 amide bonds. The Kier molecular flexibility index (Phi) is 3.51. The molecule has 1 saturated heterocycles. The lowest BCUT2D eigenvalue weighted by Gasteiger charge is -2.36. The highest BCUT2D eigenvalue weighted by Gasteiger charge is 2.36. The summed E-state index contributed by atoms with van der Waals surface area (Å²) in [6.07, 6.45) is 0.134. The van der Waals surface area contributed by atoms with Crippen molar-refractivity contribution < 1.29 is 9.90 Å². The van der Waals surface area contributed by atoms with E-state index >= 15 is 0 Å². The number of anilines is 1. The fourth-order valence-electron chi connectivity index (χ4n) is 1.77. The molecular weight excluding hydrogens is 284 g/mol. The smallest absolute Gasteiger partial charge is 0.227 e. The first-order chi connectivity index (χ1) is 7.98. The minimum atomic E-state index is -0.867. The fourth-order valence-corrected chi connectivity index (χ4v) is 2.01. The lowest BCUT2D eigenvalue weighted by molar-refractivity contribution is -0.123. The van der Waals surface area contributed by atoms with E-state index in [-0.39, 0.29) is 12.3 Å². The molecule has 1 aliphatic rings. The van der Waals surface area contributed by atoms with E-state index in [1.165, 1.54) is 0 Å². The molecule has 1 aliphatic heterocycles. The van der Waals surface area contributed by atoms with Crippen molar-refractivity contribution in [2.24, 2.45) is 0 Å². The lowest BCUT2D eigenvalue weighted by Crippen LogP contribution is -2.60. The van der Waals surface area contributed by atoms with Crippen LogP contribution in [0.4, 0.5) is 5.69 Å². The maximum Gasteiger partial charge on any atom is 0.227 e. The zero-order valence-corrected chi connectivity index (χ0v) is 11.2. The Bertz CT molecular complexity index is 444. The summed E-state index contributed by atoms with van der Waals surface area (Å²) < 4.78 is 1.01. The summed E-state index contributed by atoms with van der Waals surface area (Å²) in [7, 11) is 0. The number of hydrogen-bond acceptors (Lipinski definition) is 3. The van der Waals surface area contributed by atoms with Crippen molar-refractivity contribution in [1.82, 2.24) is 5.32 Å². The molecule has 4 nitrogen and oxygen atoms in total. The van der Waals surface area contributed by atoms with Gasteiger partial charge in [-0.25, -0.2) is 0 Å². The van der Waals surface area contributed by atoms with Crippen molar-refractivity contribution in [1.29, 1.82) is 0 Å². The molecule has 0 bridgehead atoms. The zero-order chi connectivity index (χ0) is 12.5. The second-order valence-electron chi connectivity index (χ2n) is 4.52. The molecule has 0 aromatic heterocycles. The van der Waals surface area contributed by atoms with E-state index in [0.29, 0.717) is 13.1 Å². The molecule has 1 heterocycles. The second-order valence-corrected chi connectivity index (χ2v) is 5.37. The molecule has 1 fully saturated rings. The number of benzene rings is 1. The number of hydrogen-bond donors (Lipinski definition) is 3. The third-order valence-electron chi connectivity index (χ3n) is 2.84. The van der Waals surface area contributed by atoms with Crippen LogP contribution in [0, 0.1) is 6.92 Å². The summed E-state index contributed by atoms with van der Waals surface area (Å²) in [6, 6.07) is 5.62. The highest BCUT2D eigenvalue weighted by molar-refractivity contribution is 9.10. The van der Waals surface area contributed by atoms with Gasteiger partial charge in [0.05, 0.1) is 12.0 Å². The summed E-state index contributed by atoms with van der Waals surface area (Å²) in [6.45, 7) is 2.93. The number of carbonyl (C=O) groups excluding carboxylic acids is 1. The Labute approximate surface area is 109 Å². The number of rotatable bonds is 3. The highest BCUT2D eigenvalue weighted by Crippen LogP contribution is 2.21. The van der Waals surface area contributed by atoms with Gasteiger partial charge in [-0.2, -0.15) is 0 Å². The topological polar surface area (TPSA) is 61.4 Å². The van der Waals surface area contributed by atoms with Crippen LogP contribution in [0.3, 0.4) is 0 Å². The molecule has 2 rings (SSSR count). The standard InChI is InChI=1S/C12H15BrN2O2/c1-8-4-9(2-3-10(8)13)15-11(16)5-12(17)6-14-7-12/h2-4,14,17H,5-7H2,1H3,(H,15,16). The van der Waals surface area contributed by atoms with Gasteiger partial charge in [0, 0.05) is 23.2 Å². The SMILES string of the molecule is Cc1cc(NC(=O)CC2(O)CNC2)ccc1Br. The van der Waals surface area contributed by atoms with Crippen molar-refractivity contribution in [3.05, 3.63) is 28.2 Å². The molecule has 1 aromatic carbocycles. The van der Waals surface area contributed by atoms with E-state index in [1.54, 1.807) is 0 Å². The number of amides is 1. The summed E-state index contributed by atoms with van der Waals surface area (Å²) in [5, 5.41) is 15.6. The van der Waals surface area contributed by atoms with Crippen LogP contribution in [0.25, 0.3) is 0 Å². The number of halogens is 1. The minimum Gasteiger partial charge on any atom is -0.387 e. The van der Waals surface area contributed by atoms with Crippen LogP contribution in [0.2, 0.25) is 0 Å². The van der Waals surface area contributed by atoms with Crippen LogP contribution in [0.15, 0.2) is 22.7 Å². The van der Waals surface area contributed by atoms with Crippen LogP contribution in [0.1, 0.15) is 12.0 Å². The first-order valence-corrected chi connectivity index (χ1v) is 6.27. The average molecular weight is 299 g/mol. The average Bonchev–Trinajstić information content (AvgIpc) is 2.21. The maximum absolute atomic E-state index is 11.7. The predicted molar refractivity (Wildman–Crippen MR) is 69.9 cm³/mol. The molecule has 0 radical (unpaired) electrons. The van der Waals surface area contributed by atoms with Gasteiger partial charge < -0.3 is 15.7 Å². The van der Waals surface area contributed by atoms with Gasteiger partial charge in [-0.3, -0.25) is 4.79 Å². The van der Waals surface area contributed by atoms with Gasteiger partial charge in [-0.05, 0) is 30.7 Å². The van der Waals surface area contributed by atoms with Crippen LogP contribution in [-0.4, -0.2) is 29.7 Å². The van der Waals surface area contributed by atoms with Crippen LogP contribution in [0.5, 0.6) is 0 Å². The predicted octanol–water partition coefficient (Wildman–Crippen LogP) is 1.42. The molecule has 17 heavy (non-hydrogen) atoms. The summed E-state index contributed by atoms with van der Waals surface area (Å²) >= 11 is 3.40. The van der Waals surface area contributed by atoms with Gasteiger partial charge in [-0.1, -0.05) is 15.9 Å². The molecule has 5 heteroatoms. The summed E-state index contributed by atoms with van der Waals surface area (Å²) in [5.41, 5.74) is 0.951. The van der Waals surface area contributed by atoms with Crippen molar-refractivity contribution in [2.75, 3.05) is 18.4 Å². The van der Waals surface area contributed by atoms with E-state index in [1.807, 2.05) is 25.1 Å². The number of aryl methyl sites for hydroxylation is 1. The molecule has 0 unspecified atom stereocenters. The Hall–Kier alpha value is -0.910. The normalized spacial score (nSPS) is 17.4. The molecule has 0 aliphatic carbocycles. The van der Waals surface area contributed by atoms with Crippen LogP contribution in [-0.2, 0) is 4.79 Å². The second kappa shape index (κ2) is 4.76. The zero-order valence-electron chi connectivity index (χ0n) is 9.59. The van der Waals surface area contributed by atoms with E-state index in [9.17, 15) is 9.90 Å². The number of β-amino-alcohol motifs (C(OH)–C–C–N with tert-alkyl or cyclic N) is 1. The first-order valence-electron chi connectivity index (χ1n) is 5.48. The highest BCUT2D eigenvalue weighted by atomic mass is 79.9. The third-order valence-corrected chi connectivity index (χ3v) is 3.73. The molecule has 92 valence electrons. The van der Waals surface area contributed by atoms with Crippen molar-refractivity contribution >= 4 is 27.5 Å². The van der Waals surface area contributed by atoms with Gasteiger partial charge in [-0.15, -0.1) is 0 Å². The van der Waals surface area contributed by atoms with Gasteiger partial charge >= 0.3 is 0 Å². The molecule has 0 spiro atoms. The van der Waals surface area contributed by atoms with E-state index in [4.69, 9.17) is 0 Å². The van der Waals surface area contributed by atoms with Crippen LogP contribution < -0.4 is 10.6 Å².